The molecule has 3 atom stereocenters. The van der Waals surface area contributed by atoms with Crippen LogP contribution in [0.15, 0.2) is 48.5 Å². The number of hydrogen-bond acceptors (Lipinski definition) is 10. The summed E-state index contributed by atoms with van der Waals surface area (Å²) in [7, 11) is 4.57. The Labute approximate surface area is 233 Å². The van der Waals surface area contributed by atoms with Gasteiger partial charge >= 0.3 is 6.18 Å². The van der Waals surface area contributed by atoms with E-state index in [0.29, 0.717) is 41.0 Å². The minimum atomic E-state index is -4.30. The van der Waals surface area contributed by atoms with E-state index in [1.165, 1.54) is 32.7 Å². The highest BCUT2D eigenvalue weighted by molar-refractivity contribution is 7.18. The molecule has 0 bridgehead atoms. The number of ether oxygens (including phenoxy) is 2. The average molecular weight is 577 g/mol. The Kier molecular flexibility index (Phi) is 9.06. The molecule has 0 saturated heterocycles. The fourth-order valence-electron chi connectivity index (χ4n) is 4.79. The first kappa shape index (κ1) is 29.4. The van der Waals surface area contributed by atoms with E-state index in [0.717, 1.165) is 16.9 Å². The van der Waals surface area contributed by atoms with Crippen molar-refractivity contribution in [1.29, 1.82) is 10.8 Å². The van der Waals surface area contributed by atoms with E-state index in [2.05, 4.69) is 15.3 Å². The van der Waals surface area contributed by atoms with Gasteiger partial charge in [-0.25, -0.2) is 9.97 Å². The van der Waals surface area contributed by atoms with Crippen molar-refractivity contribution in [2.75, 3.05) is 26.2 Å². The Balaban J connectivity index is 1.37. The van der Waals surface area contributed by atoms with Gasteiger partial charge in [-0.15, -0.1) is 11.3 Å². The molecule has 9 nitrogen and oxygen atoms in total. The maximum Gasteiger partial charge on any atom is 0.393 e. The number of alkyl halides is 3. The number of nitrogens with zero attached hydrogens (tertiary/aromatic N) is 3. The molecule has 214 valence electrons. The number of halogens is 3. The van der Waals surface area contributed by atoms with E-state index in [4.69, 9.17) is 20.3 Å². The average Bonchev–Trinajstić information content (AvgIpc) is 3.50. The lowest BCUT2D eigenvalue weighted by atomic mass is 10.1. The van der Waals surface area contributed by atoms with Crippen LogP contribution in [0.4, 0.5) is 19.0 Å². The maximum atomic E-state index is 12.9. The first-order valence-electron chi connectivity index (χ1n) is 12.5. The second-order valence-electron chi connectivity index (χ2n) is 9.57. The van der Waals surface area contributed by atoms with Gasteiger partial charge in [0.15, 0.2) is 5.76 Å². The smallest absolute Gasteiger partial charge is 0.393 e. The van der Waals surface area contributed by atoms with Gasteiger partial charge in [0.2, 0.25) is 5.90 Å². The summed E-state index contributed by atoms with van der Waals surface area (Å²) in [4.78, 5) is 11.0. The molecule has 0 amide bonds. The standard InChI is InChI=1S/C27H31F3N6O3S/c1-36(25-19-10-18(12-27(28,29)30)40-26(19)35-14-34-25)21-8-17(9-22(21)37)33-13-15-4-6-16(7-5-15)20(31)11-23(38-2)24(32)39-3/h4-7,10-11,14,17,21-22,31-33,37H,8-9,12-13H2,1-3H3/b23-11+,31-20?,32-24?/t17-,21+,22-/m1/s1. The van der Waals surface area contributed by atoms with E-state index in [-0.39, 0.29) is 34.3 Å². The number of likely N-dealkylation sites (N-methyl/N-ethyl adjacent to an activating group) is 1. The van der Waals surface area contributed by atoms with Crippen LogP contribution in [0.1, 0.15) is 28.8 Å². The molecule has 1 saturated carbocycles. The third-order valence-electron chi connectivity index (χ3n) is 6.84. The second kappa shape index (κ2) is 12.3. The summed E-state index contributed by atoms with van der Waals surface area (Å²) < 4.78 is 48.7. The Morgan fingerprint density at radius 2 is 1.90 bits per heavy atom. The van der Waals surface area contributed by atoms with Crippen molar-refractivity contribution in [2.45, 2.75) is 50.2 Å². The highest BCUT2D eigenvalue weighted by Crippen LogP contribution is 2.36. The number of anilines is 1. The summed E-state index contributed by atoms with van der Waals surface area (Å²) in [6, 6.07) is 8.68. The lowest BCUT2D eigenvalue weighted by Crippen LogP contribution is -2.38. The molecule has 1 aromatic carbocycles. The summed E-state index contributed by atoms with van der Waals surface area (Å²) >= 11 is 1.00. The SMILES string of the molecule is COC(=N)/C(=C\C(=N)c1ccc(CN[C@H]2C[C@@H](O)[C@@H](N(C)c3ncnc4sc(CC(F)(F)F)cc34)C2)cc1)OC. The van der Waals surface area contributed by atoms with Gasteiger partial charge in [0.1, 0.15) is 17.0 Å². The molecule has 0 aliphatic heterocycles. The molecule has 1 fully saturated rings. The quantitative estimate of drug-likeness (QED) is 0.160. The first-order chi connectivity index (χ1) is 19.0. The third kappa shape index (κ3) is 6.95. The lowest BCUT2D eigenvalue weighted by molar-refractivity contribution is -0.126. The monoisotopic (exact) mass is 576 g/mol. The summed E-state index contributed by atoms with van der Waals surface area (Å²) in [6.45, 7) is 0.554. The van der Waals surface area contributed by atoms with Gasteiger partial charge in [0, 0.05) is 30.6 Å². The van der Waals surface area contributed by atoms with Crippen molar-refractivity contribution in [3.05, 3.63) is 64.5 Å². The number of aliphatic hydroxyl groups is 1. The van der Waals surface area contributed by atoms with Gasteiger partial charge in [-0.05, 0) is 30.0 Å². The lowest BCUT2D eigenvalue weighted by Gasteiger charge is -2.28. The van der Waals surface area contributed by atoms with E-state index in [1.54, 1.807) is 7.05 Å². The number of aliphatic hydroxyl groups excluding tert-OH is 1. The molecule has 0 spiro atoms. The van der Waals surface area contributed by atoms with E-state index >= 15 is 0 Å². The van der Waals surface area contributed by atoms with Gasteiger partial charge in [-0.2, -0.15) is 13.2 Å². The molecular formula is C27H31F3N6O3S. The van der Waals surface area contributed by atoms with Crippen molar-refractivity contribution in [3.8, 4) is 0 Å². The number of rotatable bonds is 10. The molecule has 3 aromatic rings. The molecule has 4 N–H and O–H groups in total. The molecule has 2 heterocycles. The van der Waals surface area contributed by atoms with Crippen molar-refractivity contribution in [2.24, 2.45) is 0 Å². The predicted molar refractivity (Wildman–Crippen MR) is 148 cm³/mol. The number of thiophene rings is 1. The number of allylic oxidation sites excluding steroid dienone is 1. The Bertz CT molecular complexity index is 1390. The van der Waals surface area contributed by atoms with Crippen LogP contribution in [-0.4, -0.2) is 72.3 Å². The fraction of sp³-hybridized carbons (Fsp3) is 0.407. The molecule has 4 rings (SSSR count). The van der Waals surface area contributed by atoms with E-state index in [1.807, 2.05) is 29.2 Å². The van der Waals surface area contributed by atoms with Crippen molar-refractivity contribution < 1.29 is 27.8 Å². The third-order valence-corrected chi connectivity index (χ3v) is 7.89. The number of methoxy groups -OCH3 is 2. The van der Waals surface area contributed by atoms with Crippen LogP contribution in [0.2, 0.25) is 0 Å². The van der Waals surface area contributed by atoms with Crippen LogP contribution in [0, 0.1) is 10.8 Å². The zero-order valence-corrected chi connectivity index (χ0v) is 23.1. The van der Waals surface area contributed by atoms with Crippen molar-refractivity contribution in [1.82, 2.24) is 15.3 Å². The number of nitrogens with one attached hydrogen (secondary N) is 3. The van der Waals surface area contributed by atoms with Crippen LogP contribution in [0.5, 0.6) is 0 Å². The zero-order chi connectivity index (χ0) is 29.0. The molecular weight excluding hydrogens is 545 g/mol. The highest BCUT2D eigenvalue weighted by atomic mass is 32.1. The van der Waals surface area contributed by atoms with Crippen LogP contribution in [0.3, 0.4) is 0 Å². The van der Waals surface area contributed by atoms with Crippen LogP contribution < -0.4 is 10.2 Å². The number of aromatic nitrogens is 2. The molecule has 1 aliphatic carbocycles. The summed E-state index contributed by atoms with van der Waals surface area (Å²) in [5.41, 5.74) is 1.83. The van der Waals surface area contributed by atoms with Gasteiger partial charge in [0.05, 0.1) is 43.9 Å². The Morgan fingerprint density at radius 1 is 1.18 bits per heavy atom. The zero-order valence-electron chi connectivity index (χ0n) is 22.2. The second-order valence-corrected chi connectivity index (χ2v) is 10.7. The predicted octanol–water partition coefficient (Wildman–Crippen LogP) is 4.44. The molecule has 0 unspecified atom stereocenters. The number of benzene rings is 1. The van der Waals surface area contributed by atoms with Crippen molar-refractivity contribution >= 4 is 39.0 Å². The summed E-state index contributed by atoms with van der Waals surface area (Å²) in [6.07, 6.45) is -2.04. The highest BCUT2D eigenvalue weighted by Gasteiger charge is 2.37. The van der Waals surface area contributed by atoms with Gasteiger partial charge < -0.3 is 30.2 Å². The summed E-state index contributed by atoms with van der Waals surface area (Å²) in [5, 5.41) is 30.8. The maximum absolute atomic E-state index is 12.9. The van der Waals surface area contributed by atoms with Crippen molar-refractivity contribution in [3.63, 3.8) is 0 Å². The van der Waals surface area contributed by atoms with E-state index < -0.39 is 18.7 Å². The first-order valence-corrected chi connectivity index (χ1v) is 13.3. The minimum Gasteiger partial charge on any atom is -0.491 e. The van der Waals surface area contributed by atoms with Gasteiger partial charge in [0.25, 0.3) is 0 Å². The molecule has 2 aromatic heterocycles. The van der Waals surface area contributed by atoms with Crippen LogP contribution in [-0.2, 0) is 22.4 Å². The molecule has 40 heavy (non-hydrogen) atoms. The topological polar surface area (TPSA) is 127 Å². The summed E-state index contributed by atoms with van der Waals surface area (Å²) in [5.74, 6) is 0.492. The van der Waals surface area contributed by atoms with Gasteiger partial charge in [-0.1, -0.05) is 24.3 Å². The molecule has 0 radical (unpaired) electrons. The fourth-order valence-corrected chi connectivity index (χ4v) is 5.81. The number of hydrogen-bond donors (Lipinski definition) is 4. The Hall–Kier alpha value is -3.55. The molecule has 1 aliphatic rings. The number of fused-ring (bicyclic) bond motifs is 1. The van der Waals surface area contributed by atoms with Crippen LogP contribution in [0.25, 0.3) is 10.2 Å². The van der Waals surface area contributed by atoms with Gasteiger partial charge in [-0.3, -0.25) is 5.41 Å². The normalized spacial score (nSPS) is 19.6. The Morgan fingerprint density at radius 3 is 2.55 bits per heavy atom. The van der Waals surface area contributed by atoms with E-state index in [9.17, 15) is 18.3 Å². The minimum absolute atomic E-state index is 0.0215. The largest absolute Gasteiger partial charge is 0.491 e. The molecule has 13 heteroatoms. The van der Waals surface area contributed by atoms with Crippen LogP contribution >= 0.6 is 11.3 Å².